The van der Waals surface area contributed by atoms with Crippen molar-refractivity contribution in [2.75, 3.05) is 45.3 Å². The Labute approximate surface area is 166 Å². The topological polar surface area (TPSA) is 77.1 Å². The summed E-state index contributed by atoms with van der Waals surface area (Å²) in [5.41, 5.74) is 0.0317. The SMILES string of the molecule is COc1c(F)ccc(C(=O)Nc2ccc(OCC(=O)N3CCOCC3)cc2)c1F. The van der Waals surface area contributed by atoms with E-state index in [0.717, 1.165) is 19.2 Å². The van der Waals surface area contributed by atoms with Gasteiger partial charge in [0.2, 0.25) is 0 Å². The number of nitrogens with one attached hydrogen (secondary N) is 1. The van der Waals surface area contributed by atoms with E-state index in [4.69, 9.17) is 9.47 Å². The fourth-order valence-corrected chi connectivity index (χ4v) is 2.78. The Morgan fingerprint density at radius 2 is 1.79 bits per heavy atom. The quantitative estimate of drug-likeness (QED) is 0.798. The second-order valence-corrected chi connectivity index (χ2v) is 6.20. The zero-order chi connectivity index (χ0) is 20.8. The first-order valence-electron chi connectivity index (χ1n) is 8.91. The molecule has 0 aliphatic carbocycles. The summed E-state index contributed by atoms with van der Waals surface area (Å²) in [5.74, 6) is -3.03. The van der Waals surface area contributed by atoms with Gasteiger partial charge in [0.05, 0.1) is 25.9 Å². The van der Waals surface area contributed by atoms with E-state index in [9.17, 15) is 18.4 Å². The largest absolute Gasteiger partial charge is 0.491 e. The summed E-state index contributed by atoms with van der Waals surface area (Å²) in [7, 11) is 1.12. The molecule has 2 aromatic rings. The molecule has 7 nitrogen and oxygen atoms in total. The average molecular weight is 406 g/mol. The predicted octanol–water partition coefficient (Wildman–Crippen LogP) is 2.46. The molecule has 0 spiro atoms. The lowest BCUT2D eigenvalue weighted by Gasteiger charge is -2.26. The highest BCUT2D eigenvalue weighted by Gasteiger charge is 2.20. The van der Waals surface area contributed by atoms with E-state index in [1.165, 1.54) is 0 Å². The number of morpholine rings is 1. The summed E-state index contributed by atoms with van der Waals surface area (Å²) in [4.78, 5) is 26.0. The molecule has 0 aromatic heterocycles. The molecule has 1 fully saturated rings. The first kappa shape index (κ1) is 20.5. The van der Waals surface area contributed by atoms with Crippen LogP contribution in [0.15, 0.2) is 36.4 Å². The maximum absolute atomic E-state index is 14.2. The lowest BCUT2D eigenvalue weighted by molar-refractivity contribution is -0.137. The minimum atomic E-state index is -1.08. The number of amides is 2. The van der Waals surface area contributed by atoms with Crippen LogP contribution in [0.4, 0.5) is 14.5 Å². The summed E-state index contributed by atoms with van der Waals surface area (Å²) in [6.07, 6.45) is 0. The summed E-state index contributed by atoms with van der Waals surface area (Å²) in [5, 5.41) is 2.51. The van der Waals surface area contributed by atoms with Gasteiger partial charge in [0.1, 0.15) is 5.75 Å². The smallest absolute Gasteiger partial charge is 0.260 e. The van der Waals surface area contributed by atoms with Crippen molar-refractivity contribution < 1.29 is 32.6 Å². The molecule has 2 amide bonds. The molecule has 3 rings (SSSR count). The first-order valence-corrected chi connectivity index (χ1v) is 8.91. The van der Waals surface area contributed by atoms with Crippen LogP contribution < -0.4 is 14.8 Å². The van der Waals surface area contributed by atoms with Crippen LogP contribution in [0.1, 0.15) is 10.4 Å². The van der Waals surface area contributed by atoms with Crippen molar-refractivity contribution in [1.29, 1.82) is 0 Å². The van der Waals surface area contributed by atoms with Gasteiger partial charge in [-0.15, -0.1) is 0 Å². The Morgan fingerprint density at radius 3 is 2.45 bits per heavy atom. The number of methoxy groups -OCH3 is 1. The highest BCUT2D eigenvalue weighted by molar-refractivity contribution is 6.04. The van der Waals surface area contributed by atoms with Crippen LogP contribution in [-0.4, -0.2) is 56.7 Å². The molecule has 2 aromatic carbocycles. The Hall–Kier alpha value is -3.20. The zero-order valence-electron chi connectivity index (χ0n) is 15.7. The van der Waals surface area contributed by atoms with E-state index >= 15 is 0 Å². The van der Waals surface area contributed by atoms with Gasteiger partial charge in [-0.3, -0.25) is 9.59 Å². The molecule has 0 atom stereocenters. The molecule has 0 unspecified atom stereocenters. The van der Waals surface area contributed by atoms with Gasteiger partial charge in [-0.1, -0.05) is 0 Å². The van der Waals surface area contributed by atoms with Crippen LogP contribution in [0.3, 0.4) is 0 Å². The summed E-state index contributed by atoms with van der Waals surface area (Å²) in [6, 6.07) is 8.24. The number of benzene rings is 2. The standard InChI is InChI=1S/C20H20F2N2O5/c1-27-19-16(21)7-6-15(18(19)22)20(26)23-13-2-4-14(5-3-13)29-12-17(25)24-8-10-28-11-9-24/h2-7H,8-12H2,1H3,(H,23,26). The Morgan fingerprint density at radius 1 is 1.10 bits per heavy atom. The van der Waals surface area contributed by atoms with E-state index in [1.54, 1.807) is 29.2 Å². The molecule has 154 valence electrons. The third-order valence-electron chi connectivity index (χ3n) is 4.34. The summed E-state index contributed by atoms with van der Waals surface area (Å²) in [6.45, 7) is 2.00. The minimum Gasteiger partial charge on any atom is -0.491 e. The predicted molar refractivity (Wildman–Crippen MR) is 100 cm³/mol. The number of carbonyl (C=O) groups is 2. The number of anilines is 1. The number of hydrogen-bond donors (Lipinski definition) is 1. The van der Waals surface area contributed by atoms with Gasteiger partial charge in [0.15, 0.2) is 24.0 Å². The Bertz CT molecular complexity index is 883. The molecule has 1 heterocycles. The number of nitrogens with zero attached hydrogens (tertiary/aromatic N) is 1. The van der Waals surface area contributed by atoms with Gasteiger partial charge >= 0.3 is 0 Å². The van der Waals surface area contributed by atoms with Gasteiger partial charge in [-0.25, -0.2) is 8.78 Å². The highest BCUT2D eigenvalue weighted by Crippen LogP contribution is 2.25. The number of hydrogen-bond acceptors (Lipinski definition) is 5. The molecule has 29 heavy (non-hydrogen) atoms. The average Bonchev–Trinajstić information content (AvgIpc) is 2.74. The van der Waals surface area contributed by atoms with Gasteiger partial charge in [-0.2, -0.15) is 0 Å². The molecule has 9 heteroatoms. The fourth-order valence-electron chi connectivity index (χ4n) is 2.78. The van der Waals surface area contributed by atoms with Gasteiger partial charge in [0, 0.05) is 18.8 Å². The molecule has 0 saturated carbocycles. The van der Waals surface area contributed by atoms with E-state index in [2.05, 4.69) is 10.1 Å². The number of rotatable bonds is 6. The van der Waals surface area contributed by atoms with Crippen LogP contribution in [0, 0.1) is 11.6 Å². The fraction of sp³-hybridized carbons (Fsp3) is 0.300. The minimum absolute atomic E-state index is 0.105. The maximum Gasteiger partial charge on any atom is 0.260 e. The van der Waals surface area contributed by atoms with Crippen LogP contribution >= 0.6 is 0 Å². The van der Waals surface area contributed by atoms with Crippen LogP contribution in [0.25, 0.3) is 0 Å². The lowest BCUT2D eigenvalue weighted by atomic mass is 10.1. The van der Waals surface area contributed by atoms with Crippen molar-refractivity contribution in [1.82, 2.24) is 4.90 Å². The van der Waals surface area contributed by atoms with Crippen LogP contribution in [-0.2, 0) is 9.53 Å². The monoisotopic (exact) mass is 406 g/mol. The lowest BCUT2D eigenvalue weighted by Crippen LogP contribution is -2.42. The summed E-state index contributed by atoms with van der Waals surface area (Å²) < 4.78 is 43.0. The normalized spacial score (nSPS) is 13.7. The third kappa shape index (κ3) is 5.00. The zero-order valence-corrected chi connectivity index (χ0v) is 15.7. The van der Waals surface area contributed by atoms with Crippen molar-refractivity contribution >= 4 is 17.5 Å². The molecule has 1 aliphatic rings. The van der Waals surface area contributed by atoms with Crippen molar-refractivity contribution in [3.05, 3.63) is 53.6 Å². The molecular formula is C20H20F2N2O5. The van der Waals surface area contributed by atoms with Crippen molar-refractivity contribution in [2.24, 2.45) is 0 Å². The second-order valence-electron chi connectivity index (χ2n) is 6.20. The van der Waals surface area contributed by atoms with Gasteiger partial charge in [-0.05, 0) is 36.4 Å². The molecule has 1 N–H and O–H groups in total. The molecule has 1 saturated heterocycles. The third-order valence-corrected chi connectivity index (χ3v) is 4.34. The first-order chi connectivity index (χ1) is 14.0. The Kier molecular flexibility index (Phi) is 6.61. The molecule has 1 aliphatic heterocycles. The number of carbonyl (C=O) groups excluding carboxylic acids is 2. The van der Waals surface area contributed by atoms with Gasteiger partial charge < -0.3 is 24.4 Å². The Balaban J connectivity index is 1.58. The van der Waals surface area contributed by atoms with Crippen LogP contribution in [0.2, 0.25) is 0 Å². The molecule has 0 bridgehead atoms. The second kappa shape index (κ2) is 9.33. The highest BCUT2D eigenvalue weighted by atomic mass is 19.1. The number of ether oxygens (including phenoxy) is 3. The number of halogens is 2. The van der Waals surface area contributed by atoms with Crippen molar-refractivity contribution in [3.63, 3.8) is 0 Å². The van der Waals surface area contributed by atoms with Gasteiger partial charge in [0.25, 0.3) is 11.8 Å². The molecule has 0 radical (unpaired) electrons. The van der Waals surface area contributed by atoms with Crippen molar-refractivity contribution in [2.45, 2.75) is 0 Å². The van der Waals surface area contributed by atoms with Crippen molar-refractivity contribution in [3.8, 4) is 11.5 Å². The maximum atomic E-state index is 14.2. The van der Waals surface area contributed by atoms with E-state index in [1.807, 2.05) is 0 Å². The van der Waals surface area contributed by atoms with Crippen LogP contribution in [0.5, 0.6) is 11.5 Å². The van der Waals surface area contributed by atoms with E-state index < -0.39 is 23.3 Å². The van der Waals surface area contributed by atoms with E-state index in [-0.39, 0.29) is 18.1 Å². The van der Waals surface area contributed by atoms with E-state index in [0.29, 0.717) is 37.7 Å². The summed E-state index contributed by atoms with van der Waals surface area (Å²) >= 11 is 0. The molecular weight excluding hydrogens is 386 g/mol.